The van der Waals surface area contributed by atoms with Crippen molar-refractivity contribution in [3.63, 3.8) is 0 Å². The molecule has 0 aliphatic rings. The molecule has 0 atom stereocenters. The number of nitrogens with zero attached hydrogens (tertiary/aromatic N) is 3. The zero-order valence-electron chi connectivity index (χ0n) is 12.6. The number of anilines is 1. The fourth-order valence-electron chi connectivity index (χ4n) is 2.05. The molecule has 5 nitrogen and oxygen atoms in total. The monoisotopic (exact) mass is 294 g/mol. The summed E-state index contributed by atoms with van der Waals surface area (Å²) in [5.74, 6) is 1.29. The summed E-state index contributed by atoms with van der Waals surface area (Å²) in [6.45, 7) is 10.0. The molecular formula is C14H22N4OS. The van der Waals surface area contributed by atoms with Gasteiger partial charge in [-0.2, -0.15) is 4.98 Å². The van der Waals surface area contributed by atoms with Gasteiger partial charge in [-0.1, -0.05) is 13.8 Å². The van der Waals surface area contributed by atoms with Gasteiger partial charge in [-0.05, 0) is 26.1 Å². The lowest BCUT2D eigenvalue weighted by Gasteiger charge is -2.18. The lowest BCUT2D eigenvalue weighted by atomic mass is 10.3. The van der Waals surface area contributed by atoms with Crippen LogP contribution in [0.25, 0.3) is 10.2 Å². The van der Waals surface area contributed by atoms with Gasteiger partial charge in [-0.25, -0.2) is 4.98 Å². The van der Waals surface area contributed by atoms with Crippen molar-refractivity contribution in [2.24, 2.45) is 0 Å². The lowest BCUT2D eigenvalue weighted by Crippen LogP contribution is -2.28. The summed E-state index contributed by atoms with van der Waals surface area (Å²) >= 11 is 1.66. The van der Waals surface area contributed by atoms with E-state index in [-0.39, 0.29) is 0 Å². The first-order valence-corrected chi connectivity index (χ1v) is 7.80. The quantitative estimate of drug-likeness (QED) is 0.851. The number of aryl methyl sites for hydroxylation is 1. The molecule has 0 unspecified atom stereocenters. The standard InChI is InChI=1S/C14H22N4OS/c1-5-18(6-2)7-8-19-12-11-9-10(3)20-13(11)17-14(15-4)16-12/h9H,5-8H2,1-4H3,(H,15,16,17). The van der Waals surface area contributed by atoms with E-state index in [1.807, 2.05) is 7.05 Å². The minimum Gasteiger partial charge on any atom is -0.476 e. The molecule has 1 N–H and O–H groups in total. The van der Waals surface area contributed by atoms with Crippen LogP contribution in [-0.4, -0.2) is 48.2 Å². The number of nitrogens with one attached hydrogen (secondary N) is 1. The molecule has 0 aromatic carbocycles. The Morgan fingerprint density at radius 2 is 2.05 bits per heavy atom. The van der Waals surface area contributed by atoms with E-state index in [0.29, 0.717) is 18.4 Å². The van der Waals surface area contributed by atoms with Crippen molar-refractivity contribution in [3.8, 4) is 5.88 Å². The SMILES string of the molecule is CCN(CC)CCOc1nc(NC)nc2sc(C)cc12. The minimum absolute atomic E-state index is 0.609. The van der Waals surface area contributed by atoms with Crippen molar-refractivity contribution in [1.29, 1.82) is 0 Å². The molecule has 0 aliphatic heterocycles. The zero-order valence-corrected chi connectivity index (χ0v) is 13.4. The molecule has 2 aromatic heterocycles. The van der Waals surface area contributed by atoms with Crippen molar-refractivity contribution in [1.82, 2.24) is 14.9 Å². The molecule has 2 heterocycles. The summed E-state index contributed by atoms with van der Waals surface area (Å²) < 4.78 is 5.88. The molecule has 2 aromatic rings. The second-order valence-corrected chi connectivity index (χ2v) is 5.79. The van der Waals surface area contributed by atoms with Crippen LogP contribution in [-0.2, 0) is 0 Å². The molecule has 20 heavy (non-hydrogen) atoms. The van der Waals surface area contributed by atoms with Crippen LogP contribution in [0, 0.1) is 6.92 Å². The average molecular weight is 294 g/mol. The minimum atomic E-state index is 0.609. The summed E-state index contributed by atoms with van der Waals surface area (Å²) in [6.07, 6.45) is 0. The van der Waals surface area contributed by atoms with E-state index in [0.717, 1.165) is 29.9 Å². The lowest BCUT2D eigenvalue weighted by molar-refractivity contribution is 0.219. The molecule has 0 amide bonds. The molecule has 6 heteroatoms. The maximum Gasteiger partial charge on any atom is 0.227 e. The number of hydrogen-bond donors (Lipinski definition) is 1. The number of rotatable bonds is 7. The predicted octanol–water partition coefficient (Wildman–Crippen LogP) is 2.76. The van der Waals surface area contributed by atoms with Crippen LogP contribution in [0.4, 0.5) is 5.95 Å². The zero-order chi connectivity index (χ0) is 14.5. The average Bonchev–Trinajstić information content (AvgIpc) is 2.83. The van der Waals surface area contributed by atoms with Crippen LogP contribution in [0.3, 0.4) is 0 Å². The van der Waals surface area contributed by atoms with Gasteiger partial charge in [0.2, 0.25) is 11.8 Å². The topological polar surface area (TPSA) is 50.3 Å². The molecule has 0 aliphatic carbocycles. The summed E-state index contributed by atoms with van der Waals surface area (Å²) in [4.78, 5) is 13.4. The van der Waals surface area contributed by atoms with E-state index >= 15 is 0 Å². The highest BCUT2D eigenvalue weighted by Crippen LogP contribution is 2.30. The highest BCUT2D eigenvalue weighted by atomic mass is 32.1. The van der Waals surface area contributed by atoms with E-state index in [2.05, 4.69) is 47.0 Å². The number of likely N-dealkylation sites (N-methyl/N-ethyl adjacent to an activating group) is 1. The van der Waals surface area contributed by atoms with Gasteiger partial charge in [0.05, 0.1) is 5.39 Å². The molecular weight excluding hydrogens is 272 g/mol. The normalized spacial score (nSPS) is 11.2. The molecule has 110 valence electrons. The number of hydrogen-bond acceptors (Lipinski definition) is 6. The fourth-order valence-corrected chi connectivity index (χ4v) is 2.92. The van der Waals surface area contributed by atoms with Gasteiger partial charge in [-0.15, -0.1) is 11.3 Å². The van der Waals surface area contributed by atoms with E-state index < -0.39 is 0 Å². The highest BCUT2D eigenvalue weighted by Gasteiger charge is 2.11. The van der Waals surface area contributed by atoms with E-state index in [1.165, 1.54) is 4.88 Å². The summed E-state index contributed by atoms with van der Waals surface area (Å²) in [5, 5.41) is 3.99. The van der Waals surface area contributed by atoms with Gasteiger partial charge >= 0.3 is 0 Å². The maximum atomic E-state index is 5.88. The third-order valence-corrected chi connectivity index (χ3v) is 4.19. The Morgan fingerprint density at radius 1 is 1.30 bits per heavy atom. The van der Waals surface area contributed by atoms with E-state index in [9.17, 15) is 0 Å². The number of aromatic nitrogens is 2. The smallest absolute Gasteiger partial charge is 0.227 e. The van der Waals surface area contributed by atoms with Crippen molar-refractivity contribution in [2.45, 2.75) is 20.8 Å². The molecule has 0 saturated heterocycles. The first-order chi connectivity index (χ1) is 9.67. The highest BCUT2D eigenvalue weighted by molar-refractivity contribution is 7.18. The van der Waals surface area contributed by atoms with Crippen LogP contribution >= 0.6 is 11.3 Å². The number of thiophene rings is 1. The maximum absolute atomic E-state index is 5.88. The van der Waals surface area contributed by atoms with Crippen LogP contribution in [0.5, 0.6) is 5.88 Å². The van der Waals surface area contributed by atoms with Gasteiger partial charge in [0, 0.05) is 18.5 Å². The Kier molecular flexibility index (Phi) is 5.14. The Morgan fingerprint density at radius 3 is 2.70 bits per heavy atom. The van der Waals surface area contributed by atoms with Gasteiger partial charge in [0.1, 0.15) is 11.4 Å². The molecule has 0 saturated carbocycles. The Labute approximate surface area is 124 Å². The van der Waals surface area contributed by atoms with Gasteiger partial charge in [-0.3, -0.25) is 0 Å². The third-order valence-electron chi connectivity index (χ3n) is 3.25. The molecule has 0 fully saturated rings. The summed E-state index contributed by atoms with van der Waals surface area (Å²) in [7, 11) is 1.82. The number of ether oxygens (including phenoxy) is 1. The van der Waals surface area contributed by atoms with Crippen molar-refractivity contribution in [3.05, 3.63) is 10.9 Å². The van der Waals surface area contributed by atoms with Gasteiger partial charge in [0.25, 0.3) is 0 Å². The summed E-state index contributed by atoms with van der Waals surface area (Å²) in [5.41, 5.74) is 0. The Balaban J connectivity index is 2.15. The molecule has 0 radical (unpaired) electrons. The van der Waals surface area contributed by atoms with Crippen LogP contribution in [0.1, 0.15) is 18.7 Å². The molecule has 2 rings (SSSR count). The van der Waals surface area contributed by atoms with Crippen molar-refractivity contribution >= 4 is 27.5 Å². The van der Waals surface area contributed by atoms with Crippen LogP contribution < -0.4 is 10.1 Å². The fraction of sp³-hybridized carbons (Fsp3) is 0.571. The van der Waals surface area contributed by atoms with Crippen molar-refractivity contribution in [2.75, 3.05) is 38.6 Å². The summed E-state index contributed by atoms with van der Waals surface area (Å²) in [6, 6.07) is 2.09. The second kappa shape index (κ2) is 6.85. The van der Waals surface area contributed by atoms with Gasteiger partial charge in [0.15, 0.2) is 0 Å². The van der Waals surface area contributed by atoms with Crippen LogP contribution in [0.15, 0.2) is 6.07 Å². The largest absolute Gasteiger partial charge is 0.476 e. The third kappa shape index (κ3) is 3.37. The first kappa shape index (κ1) is 15.0. The van der Waals surface area contributed by atoms with Gasteiger partial charge < -0.3 is 15.0 Å². The number of fused-ring (bicyclic) bond motifs is 1. The molecule has 0 bridgehead atoms. The van der Waals surface area contributed by atoms with E-state index in [4.69, 9.17) is 4.74 Å². The Hall–Kier alpha value is -1.40. The second-order valence-electron chi connectivity index (χ2n) is 4.55. The predicted molar refractivity (Wildman–Crippen MR) is 85.0 cm³/mol. The van der Waals surface area contributed by atoms with Crippen LogP contribution in [0.2, 0.25) is 0 Å². The van der Waals surface area contributed by atoms with Crippen molar-refractivity contribution < 1.29 is 4.74 Å². The van der Waals surface area contributed by atoms with E-state index in [1.54, 1.807) is 11.3 Å². The first-order valence-electron chi connectivity index (χ1n) is 6.99. The Bertz CT molecular complexity index is 566. The molecule has 0 spiro atoms.